The molecule has 0 aliphatic heterocycles. The summed E-state index contributed by atoms with van der Waals surface area (Å²) < 4.78 is 0. The SMILES string of the molecule is C=C.CC(=O)Cc1ccc(N)cc1. The van der Waals surface area contributed by atoms with E-state index in [0.29, 0.717) is 6.42 Å². The number of Topliss-reactive ketones (excluding diaryl/α,β-unsaturated/α-hetero) is 1. The zero-order valence-corrected chi connectivity index (χ0v) is 7.92. The van der Waals surface area contributed by atoms with E-state index in [1.807, 2.05) is 12.1 Å². The minimum Gasteiger partial charge on any atom is -0.399 e. The van der Waals surface area contributed by atoms with Crippen LogP contribution in [0.1, 0.15) is 12.5 Å². The van der Waals surface area contributed by atoms with Gasteiger partial charge in [-0.25, -0.2) is 0 Å². The average Bonchev–Trinajstić information content (AvgIpc) is 2.12. The predicted octanol–water partition coefficient (Wildman–Crippen LogP) is 2.20. The number of ketones is 1. The standard InChI is InChI=1S/C9H11NO.C2H4/c1-7(11)6-8-2-4-9(10)5-3-8;1-2/h2-5H,6,10H2,1H3;1-2H2. The number of carbonyl (C=O) groups excluding carboxylic acids is 1. The Kier molecular flexibility index (Phi) is 5.28. The first kappa shape index (κ1) is 11.4. The van der Waals surface area contributed by atoms with Gasteiger partial charge in [-0.2, -0.15) is 0 Å². The van der Waals surface area contributed by atoms with Crippen molar-refractivity contribution in [3.05, 3.63) is 43.0 Å². The Bertz CT molecular complexity index is 264. The molecule has 0 radical (unpaired) electrons. The lowest BCUT2D eigenvalue weighted by atomic mass is 10.1. The Hall–Kier alpha value is -1.57. The molecule has 1 aromatic carbocycles. The highest BCUT2D eigenvalue weighted by molar-refractivity contribution is 5.78. The van der Waals surface area contributed by atoms with Crippen LogP contribution in [0.15, 0.2) is 37.4 Å². The van der Waals surface area contributed by atoms with Crippen LogP contribution in [0.5, 0.6) is 0 Å². The van der Waals surface area contributed by atoms with E-state index in [1.165, 1.54) is 0 Å². The van der Waals surface area contributed by atoms with E-state index in [-0.39, 0.29) is 5.78 Å². The van der Waals surface area contributed by atoms with Gasteiger partial charge < -0.3 is 5.73 Å². The van der Waals surface area contributed by atoms with Gasteiger partial charge in [0.1, 0.15) is 5.78 Å². The maximum Gasteiger partial charge on any atom is 0.134 e. The van der Waals surface area contributed by atoms with Gasteiger partial charge >= 0.3 is 0 Å². The molecule has 13 heavy (non-hydrogen) atoms. The van der Waals surface area contributed by atoms with Gasteiger partial charge in [0, 0.05) is 12.1 Å². The molecular weight excluding hydrogens is 162 g/mol. The predicted molar refractivity (Wildman–Crippen MR) is 56.5 cm³/mol. The van der Waals surface area contributed by atoms with Crippen molar-refractivity contribution in [1.29, 1.82) is 0 Å². The lowest BCUT2D eigenvalue weighted by molar-refractivity contribution is -0.116. The van der Waals surface area contributed by atoms with Crippen LogP contribution in [0.4, 0.5) is 5.69 Å². The molecule has 0 aromatic heterocycles. The highest BCUT2D eigenvalue weighted by atomic mass is 16.1. The normalized spacial score (nSPS) is 8.38. The van der Waals surface area contributed by atoms with Crippen LogP contribution < -0.4 is 5.73 Å². The molecule has 2 nitrogen and oxygen atoms in total. The van der Waals surface area contributed by atoms with Gasteiger partial charge in [0.2, 0.25) is 0 Å². The second-order valence-electron chi connectivity index (χ2n) is 2.62. The molecule has 0 bridgehead atoms. The molecule has 0 saturated heterocycles. The summed E-state index contributed by atoms with van der Waals surface area (Å²) in [5.74, 6) is 0.176. The van der Waals surface area contributed by atoms with Crippen molar-refractivity contribution in [3.63, 3.8) is 0 Å². The first-order chi connectivity index (χ1) is 6.18. The van der Waals surface area contributed by atoms with Crippen molar-refractivity contribution in [2.45, 2.75) is 13.3 Å². The smallest absolute Gasteiger partial charge is 0.134 e. The quantitative estimate of drug-likeness (QED) is 0.556. The van der Waals surface area contributed by atoms with Gasteiger partial charge in [0.25, 0.3) is 0 Å². The molecule has 0 amide bonds. The summed E-state index contributed by atoms with van der Waals surface area (Å²) in [5, 5.41) is 0. The minimum absolute atomic E-state index is 0.176. The molecule has 1 aromatic rings. The third-order valence-corrected chi connectivity index (χ3v) is 1.43. The summed E-state index contributed by atoms with van der Waals surface area (Å²) in [4.78, 5) is 10.7. The van der Waals surface area contributed by atoms with Crippen LogP contribution in [0.25, 0.3) is 0 Å². The van der Waals surface area contributed by atoms with E-state index in [9.17, 15) is 4.79 Å². The first-order valence-electron chi connectivity index (χ1n) is 4.02. The van der Waals surface area contributed by atoms with Crippen LogP contribution in [-0.4, -0.2) is 5.78 Å². The second kappa shape index (κ2) is 6.00. The Morgan fingerprint density at radius 2 is 1.77 bits per heavy atom. The Labute approximate surface area is 79.1 Å². The van der Waals surface area contributed by atoms with E-state index in [1.54, 1.807) is 19.1 Å². The van der Waals surface area contributed by atoms with E-state index < -0.39 is 0 Å². The Balaban J connectivity index is 0.000000671. The van der Waals surface area contributed by atoms with Crippen molar-refractivity contribution >= 4 is 11.5 Å². The topological polar surface area (TPSA) is 43.1 Å². The number of nitrogens with two attached hydrogens (primary N) is 1. The molecule has 1 rings (SSSR count). The van der Waals surface area contributed by atoms with Crippen LogP contribution in [-0.2, 0) is 11.2 Å². The lowest BCUT2D eigenvalue weighted by Gasteiger charge is -1.96. The minimum atomic E-state index is 0.176. The summed E-state index contributed by atoms with van der Waals surface area (Å²) in [5.41, 5.74) is 7.23. The van der Waals surface area contributed by atoms with Crippen LogP contribution in [0.3, 0.4) is 0 Å². The summed E-state index contributed by atoms with van der Waals surface area (Å²) >= 11 is 0. The van der Waals surface area contributed by atoms with Crippen molar-refractivity contribution in [2.75, 3.05) is 5.73 Å². The fourth-order valence-corrected chi connectivity index (χ4v) is 0.923. The second-order valence-corrected chi connectivity index (χ2v) is 2.62. The zero-order valence-electron chi connectivity index (χ0n) is 7.92. The largest absolute Gasteiger partial charge is 0.399 e. The van der Waals surface area contributed by atoms with Gasteiger partial charge in [-0.05, 0) is 24.6 Å². The van der Waals surface area contributed by atoms with E-state index in [0.717, 1.165) is 11.3 Å². The number of hydrogen-bond acceptors (Lipinski definition) is 2. The molecule has 0 heterocycles. The monoisotopic (exact) mass is 177 g/mol. The van der Waals surface area contributed by atoms with E-state index in [4.69, 9.17) is 5.73 Å². The number of anilines is 1. The maximum absolute atomic E-state index is 10.7. The molecule has 0 aliphatic carbocycles. The Morgan fingerprint density at radius 3 is 2.15 bits per heavy atom. The molecule has 0 unspecified atom stereocenters. The lowest BCUT2D eigenvalue weighted by Crippen LogP contribution is -1.96. The third-order valence-electron chi connectivity index (χ3n) is 1.43. The van der Waals surface area contributed by atoms with Gasteiger partial charge in [0.05, 0.1) is 0 Å². The van der Waals surface area contributed by atoms with Crippen molar-refractivity contribution < 1.29 is 4.79 Å². The van der Waals surface area contributed by atoms with E-state index >= 15 is 0 Å². The number of benzene rings is 1. The molecular formula is C11H15NO. The number of rotatable bonds is 2. The van der Waals surface area contributed by atoms with Gasteiger partial charge in [-0.3, -0.25) is 4.79 Å². The van der Waals surface area contributed by atoms with Gasteiger partial charge in [0.15, 0.2) is 0 Å². The van der Waals surface area contributed by atoms with Gasteiger partial charge in [-0.1, -0.05) is 12.1 Å². The van der Waals surface area contributed by atoms with E-state index in [2.05, 4.69) is 13.2 Å². The summed E-state index contributed by atoms with van der Waals surface area (Å²) in [6, 6.07) is 7.35. The highest BCUT2D eigenvalue weighted by Crippen LogP contribution is 2.05. The molecule has 0 spiro atoms. The highest BCUT2D eigenvalue weighted by Gasteiger charge is 1.95. The fourth-order valence-electron chi connectivity index (χ4n) is 0.923. The van der Waals surface area contributed by atoms with Gasteiger partial charge in [-0.15, -0.1) is 13.2 Å². The van der Waals surface area contributed by atoms with Crippen LogP contribution >= 0.6 is 0 Å². The molecule has 2 N–H and O–H groups in total. The molecule has 70 valence electrons. The number of carbonyl (C=O) groups is 1. The van der Waals surface area contributed by atoms with Crippen molar-refractivity contribution in [3.8, 4) is 0 Å². The average molecular weight is 177 g/mol. The zero-order chi connectivity index (χ0) is 10.3. The maximum atomic E-state index is 10.7. The molecule has 0 fully saturated rings. The molecule has 0 atom stereocenters. The summed E-state index contributed by atoms with van der Waals surface area (Å²) in [6.07, 6.45) is 0.500. The number of hydrogen-bond donors (Lipinski definition) is 1. The molecule has 2 heteroatoms. The molecule has 0 saturated carbocycles. The Morgan fingerprint density at radius 1 is 1.31 bits per heavy atom. The fraction of sp³-hybridized carbons (Fsp3) is 0.182. The van der Waals surface area contributed by atoms with Crippen molar-refractivity contribution in [1.82, 2.24) is 0 Å². The number of nitrogen functional groups attached to an aromatic ring is 1. The summed E-state index contributed by atoms with van der Waals surface area (Å²) in [6.45, 7) is 7.58. The third kappa shape index (κ3) is 4.80. The van der Waals surface area contributed by atoms with Crippen molar-refractivity contribution in [2.24, 2.45) is 0 Å². The molecule has 0 aliphatic rings. The summed E-state index contributed by atoms with van der Waals surface area (Å²) in [7, 11) is 0. The van der Waals surface area contributed by atoms with Crippen LogP contribution in [0.2, 0.25) is 0 Å². The van der Waals surface area contributed by atoms with Crippen LogP contribution in [0, 0.1) is 0 Å². The first-order valence-corrected chi connectivity index (χ1v) is 4.02.